The molecule has 1 aromatic heterocycles. The zero-order chi connectivity index (χ0) is 20.1. The van der Waals surface area contributed by atoms with Gasteiger partial charge in [-0.15, -0.1) is 12.3 Å². The number of hydrogen-bond donors (Lipinski definition) is 1. The molecule has 1 amide bonds. The van der Waals surface area contributed by atoms with Crippen molar-refractivity contribution >= 4 is 22.7 Å². The fourth-order valence-electron chi connectivity index (χ4n) is 3.10. The van der Waals surface area contributed by atoms with Crippen LogP contribution in [0, 0.1) is 23.7 Å². The number of carbonyl (C=O) groups is 1. The van der Waals surface area contributed by atoms with Gasteiger partial charge >= 0.3 is 6.09 Å². The molecule has 0 saturated heterocycles. The number of aromatic nitrogens is 1. The number of fused-ring (bicyclic) bond motifs is 1. The number of nitrogens with zero attached hydrogens (tertiary/aromatic N) is 2. The van der Waals surface area contributed by atoms with E-state index < -0.39 is 6.09 Å². The van der Waals surface area contributed by atoms with Gasteiger partial charge in [0.25, 0.3) is 0 Å². The summed E-state index contributed by atoms with van der Waals surface area (Å²) < 4.78 is 12.3. The molecule has 0 aliphatic carbocycles. The van der Waals surface area contributed by atoms with Crippen LogP contribution >= 0.6 is 0 Å². The van der Waals surface area contributed by atoms with Crippen molar-refractivity contribution in [3.8, 4) is 35.4 Å². The van der Waals surface area contributed by atoms with Gasteiger partial charge in [0.15, 0.2) is 0 Å². The van der Waals surface area contributed by atoms with E-state index in [9.17, 15) is 10.1 Å². The summed E-state index contributed by atoms with van der Waals surface area (Å²) in [6.45, 7) is 0.158. The number of terminal acetylenes is 1. The molecule has 0 radical (unpaired) electrons. The maximum absolute atomic E-state index is 11.9. The van der Waals surface area contributed by atoms with E-state index in [0.717, 1.165) is 22.2 Å². The number of amides is 1. The fraction of sp³-hybridized carbons (Fsp3) is 0.182. The third-order valence-electron chi connectivity index (χ3n) is 4.38. The van der Waals surface area contributed by atoms with Crippen molar-refractivity contribution in [3.63, 3.8) is 0 Å². The molecule has 6 nitrogen and oxygen atoms in total. The molecule has 0 atom stereocenters. The van der Waals surface area contributed by atoms with Crippen molar-refractivity contribution in [1.82, 2.24) is 4.57 Å². The second-order valence-corrected chi connectivity index (χ2v) is 6.07. The Labute approximate surface area is 163 Å². The van der Waals surface area contributed by atoms with E-state index in [-0.39, 0.29) is 6.61 Å². The molecule has 3 rings (SSSR count). The molecule has 0 bridgehead atoms. The van der Waals surface area contributed by atoms with Crippen LogP contribution < -0.4 is 10.1 Å². The molecule has 28 heavy (non-hydrogen) atoms. The van der Waals surface area contributed by atoms with Crippen molar-refractivity contribution in [2.45, 2.75) is 6.42 Å². The van der Waals surface area contributed by atoms with Gasteiger partial charge in [0.1, 0.15) is 18.4 Å². The Morgan fingerprint density at radius 3 is 2.82 bits per heavy atom. The Kier molecular flexibility index (Phi) is 5.53. The van der Waals surface area contributed by atoms with Crippen LogP contribution in [0.4, 0.5) is 10.5 Å². The van der Waals surface area contributed by atoms with Gasteiger partial charge < -0.3 is 14.0 Å². The van der Waals surface area contributed by atoms with Crippen molar-refractivity contribution in [2.75, 3.05) is 19.0 Å². The smallest absolute Gasteiger partial charge is 0.411 e. The van der Waals surface area contributed by atoms with E-state index in [0.29, 0.717) is 23.4 Å². The summed E-state index contributed by atoms with van der Waals surface area (Å²) in [5.74, 6) is 3.13. The molecule has 1 N–H and O–H groups in total. The number of hydrogen-bond acceptors (Lipinski definition) is 4. The number of carbonyl (C=O) groups excluding carboxylic acids is 1. The van der Waals surface area contributed by atoms with Gasteiger partial charge in [-0.3, -0.25) is 5.32 Å². The SMILES string of the molecule is C#CCCOC(=O)Nc1cccc(-c2c(C#N)c3ccc(OC)cc3n2C)c1. The van der Waals surface area contributed by atoms with Gasteiger partial charge in [-0.2, -0.15) is 5.26 Å². The van der Waals surface area contributed by atoms with Crippen LogP contribution in [0.3, 0.4) is 0 Å². The lowest BCUT2D eigenvalue weighted by atomic mass is 10.1. The molecule has 0 saturated carbocycles. The summed E-state index contributed by atoms with van der Waals surface area (Å²) in [5.41, 5.74) is 3.58. The highest BCUT2D eigenvalue weighted by Crippen LogP contribution is 2.35. The van der Waals surface area contributed by atoms with E-state index in [1.807, 2.05) is 41.9 Å². The maximum Gasteiger partial charge on any atom is 0.411 e. The molecule has 1 heterocycles. The average molecular weight is 373 g/mol. The summed E-state index contributed by atoms with van der Waals surface area (Å²) in [4.78, 5) is 11.9. The number of methoxy groups -OCH3 is 1. The van der Waals surface area contributed by atoms with Crippen LogP contribution in [0.2, 0.25) is 0 Å². The second kappa shape index (κ2) is 8.20. The molecule has 2 aromatic carbocycles. The topological polar surface area (TPSA) is 76.3 Å². The summed E-state index contributed by atoms with van der Waals surface area (Å²) >= 11 is 0. The molecule has 140 valence electrons. The first-order chi connectivity index (χ1) is 13.6. The normalized spacial score (nSPS) is 10.1. The Bertz CT molecular complexity index is 1120. The van der Waals surface area contributed by atoms with E-state index in [1.54, 1.807) is 19.2 Å². The Hall–Kier alpha value is -3.90. The predicted molar refractivity (Wildman–Crippen MR) is 108 cm³/mol. The Morgan fingerprint density at radius 2 is 2.11 bits per heavy atom. The van der Waals surface area contributed by atoms with Crippen LogP contribution in [-0.2, 0) is 11.8 Å². The van der Waals surface area contributed by atoms with Gasteiger partial charge in [-0.1, -0.05) is 12.1 Å². The van der Waals surface area contributed by atoms with E-state index >= 15 is 0 Å². The first kappa shape index (κ1) is 18.9. The number of anilines is 1. The van der Waals surface area contributed by atoms with E-state index in [2.05, 4.69) is 17.3 Å². The van der Waals surface area contributed by atoms with Gasteiger partial charge in [0.2, 0.25) is 0 Å². The largest absolute Gasteiger partial charge is 0.497 e. The number of ether oxygens (including phenoxy) is 2. The summed E-state index contributed by atoms with van der Waals surface area (Å²) in [6, 6.07) is 15.2. The van der Waals surface area contributed by atoms with Crippen LogP contribution in [0.1, 0.15) is 12.0 Å². The van der Waals surface area contributed by atoms with Crippen molar-refractivity contribution < 1.29 is 14.3 Å². The minimum Gasteiger partial charge on any atom is -0.497 e. The monoisotopic (exact) mass is 373 g/mol. The third-order valence-corrected chi connectivity index (χ3v) is 4.38. The van der Waals surface area contributed by atoms with Gasteiger partial charge in [-0.05, 0) is 24.3 Å². The lowest BCUT2D eigenvalue weighted by molar-refractivity contribution is 0.164. The molecule has 6 heteroatoms. The van der Waals surface area contributed by atoms with Gasteiger partial charge in [-0.25, -0.2) is 4.79 Å². The zero-order valence-corrected chi connectivity index (χ0v) is 15.7. The predicted octanol–water partition coefficient (Wildman–Crippen LogP) is 4.30. The Morgan fingerprint density at radius 1 is 1.29 bits per heavy atom. The average Bonchev–Trinajstić information content (AvgIpc) is 2.99. The molecular formula is C22H19N3O3. The molecule has 0 spiro atoms. The molecule has 0 aliphatic heterocycles. The zero-order valence-electron chi connectivity index (χ0n) is 15.7. The number of benzene rings is 2. The van der Waals surface area contributed by atoms with Crippen molar-refractivity contribution in [3.05, 3.63) is 48.0 Å². The first-order valence-corrected chi connectivity index (χ1v) is 8.63. The van der Waals surface area contributed by atoms with Gasteiger partial charge in [0.05, 0.1) is 23.9 Å². The number of aryl methyl sites for hydroxylation is 1. The molecule has 0 fully saturated rings. The van der Waals surface area contributed by atoms with Crippen LogP contribution in [0.15, 0.2) is 42.5 Å². The second-order valence-electron chi connectivity index (χ2n) is 6.07. The number of rotatable bonds is 5. The maximum atomic E-state index is 11.9. The highest BCUT2D eigenvalue weighted by molar-refractivity contribution is 5.96. The molecule has 3 aromatic rings. The standard InChI is InChI=1S/C22H19N3O3/c1-4-5-11-28-22(26)24-16-8-6-7-15(12-16)21-19(14-23)18-10-9-17(27-3)13-20(18)25(21)2/h1,6-10,12-13H,5,11H2,2-3H3,(H,24,26). The van der Waals surface area contributed by atoms with Gasteiger partial charge in [0, 0.05) is 36.2 Å². The number of nitrogens with one attached hydrogen (secondary N) is 1. The fourth-order valence-corrected chi connectivity index (χ4v) is 3.10. The quantitative estimate of drug-likeness (QED) is 0.534. The van der Waals surface area contributed by atoms with Crippen molar-refractivity contribution in [2.24, 2.45) is 7.05 Å². The highest BCUT2D eigenvalue weighted by atomic mass is 16.5. The molecule has 0 unspecified atom stereocenters. The van der Waals surface area contributed by atoms with Crippen LogP contribution in [-0.4, -0.2) is 24.4 Å². The summed E-state index contributed by atoms with van der Waals surface area (Å²) in [6.07, 6.45) is 4.93. The van der Waals surface area contributed by atoms with Crippen LogP contribution in [0.25, 0.3) is 22.2 Å². The van der Waals surface area contributed by atoms with Crippen LogP contribution in [0.5, 0.6) is 5.75 Å². The summed E-state index contributed by atoms with van der Waals surface area (Å²) in [5, 5.41) is 13.3. The Balaban J connectivity index is 1.99. The third kappa shape index (κ3) is 3.62. The van der Waals surface area contributed by atoms with E-state index in [4.69, 9.17) is 15.9 Å². The number of nitriles is 1. The molecular weight excluding hydrogens is 354 g/mol. The minimum absolute atomic E-state index is 0.158. The van der Waals surface area contributed by atoms with E-state index in [1.165, 1.54) is 0 Å². The van der Waals surface area contributed by atoms with Crippen molar-refractivity contribution in [1.29, 1.82) is 5.26 Å². The highest BCUT2D eigenvalue weighted by Gasteiger charge is 2.17. The minimum atomic E-state index is -0.574. The lowest BCUT2D eigenvalue weighted by Crippen LogP contribution is -2.14. The molecule has 0 aliphatic rings. The lowest BCUT2D eigenvalue weighted by Gasteiger charge is -2.09. The first-order valence-electron chi connectivity index (χ1n) is 8.63. The summed E-state index contributed by atoms with van der Waals surface area (Å²) in [7, 11) is 3.50.